The third-order valence-corrected chi connectivity index (χ3v) is 2.56. The van der Waals surface area contributed by atoms with Crippen molar-refractivity contribution in [2.75, 3.05) is 6.61 Å². The number of esters is 1. The molecule has 0 bridgehead atoms. The van der Waals surface area contributed by atoms with Gasteiger partial charge < -0.3 is 9.84 Å². The first-order valence-corrected chi connectivity index (χ1v) is 5.78. The monoisotopic (exact) mass is 216 g/mol. The van der Waals surface area contributed by atoms with Crippen molar-refractivity contribution in [2.45, 2.75) is 59.5 Å². The smallest absolute Gasteiger partial charge is 0.306 e. The summed E-state index contributed by atoms with van der Waals surface area (Å²) in [5.74, 6) is -0.155. The van der Waals surface area contributed by atoms with Crippen molar-refractivity contribution in [3.63, 3.8) is 0 Å². The Morgan fingerprint density at radius 1 is 1.33 bits per heavy atom. The molecule has 0 amide bonds. The summed E-state index contributed by atoms with van der Waals surface area (Å²) in [4.78, 5) is 11.4. The molecule has 90 valence electrons. The summed E-state index contributed by atoms with van der Waals surface area (Å²) in [6, 6.07) is 0. The summed E-state index contributed by atoms with van der Waals surface area (Å²) in [6.45, 7) is 7.89. The lowest BCUT2D eigenvalue weighted by molar-refractivity contribution is -0.157. The zero-order valence-electron chi connectivity index (χ0n) is 10.4. The molecule has 0 rings (SSSR count). The lowest BCUT2D eigenvalue weighted by Gasteiger charge is -2.32. The average Bonchev–Trinajstić information content (AvgIpc) is 2.17. The summed E-state index contributed by atoms with van der Waals surface area (Å²) in [5.41, 5.74) is -0.348. The van der Waals surface area contributed by atoms with Crippen LogP contribution < -0.4 is 0 Å². The molecule has 0 saturated heterocycles. The molecule has 0 aromatic rings. The Kier molecular flexibility index (Phi) is 6.57. The maximum Gasteiger partial charge on any atom is 0.306 e. The molecule has 1 unspecified atom stereocenters. The highest BCUT2D eigenvalue weighted by Gasteiger charge is 2.31. The van der Waals surface area contributed by atoms with Crippen LogP contribution in [0.25, 0.3) is 0 Å². The van der Waals surface area contributed by atoms with Crippen molar-refractivity contribution in [1.82, 2.24) is 0 Å². The molecule has 0 aromatic carbocycles. The predicted octanol–water partition coefficient (Wildman–Crippen LogP) is 2.52. The van der Waals surface area contributed by atoms with Crippen molar-refractivity contribution in [2.24, 2.45) is 5.41 Å². The van der Waals surface area contributed by atoms with E-state index >= 15 is 0 Å². The van der Waals surface area contributed by atoms with E-state index in [1.165, 1.54) is 0 Å². The molecule has 0 aliphatic heterocycles. The molecule has 0 heterocycles. The molecular weight excluding hydrogens is 192 g/mol. The van der Waals surface area contributed by atoms with Gasteiger partial charge in [-0.1, -0.05) is 34.1 Å². The van der Waals surface area contributed by atoms with Gasteiger partial charge in [-0.05, 0) is 12.8 Å². The van der Waals surface area contributed by atoms with E-state index in [0.29, 0.717) is 6.42 Å². The SMILES string of the molecule is CCCC(=O)OC(CCC)C(C)(C)CO. The van der Waals surface area contributed by atoms with E-state index < -0.39 is 0 Å². The van der Waals surface area contributed by atoms with Crippen molar-refractivity contribution in [1.29, 1.82) is 0 Å². The van der Waals surface area contributed by atoms with Gasteiger partial charge in [0.15, 0.2) is 0 Å². The molecular formula is C12H24O3. The topological polar surface area (TPSA) is 46.5 Å². The fraction of sp³-hybridized carbons (Fsp3) is 0.917. The Hall–Kier alpha value is -0.570. The van der Waals surface area contributed by atoms with Crippen LogP contribution in [0.5, 0.6) is 0 Å². The van der Waals surface area contributed by atoms with Crippen LogP contribution in [0.3, 0.4) is 0 Å². The van der Waals surface area contributed by atoms with Crippen molar-refractivity contribution in [3.8, 4) is 0 Å². The van der Waals surface area contributed by atoms with Crippen LogP contribution in [0.4, 0.5) is 0 Å². The number of aliphatic hydroxyl groups is 1. The molecule has 0 aliphatic rings. The molecule has 0 radical (unpaired) electrons. The highest BCUT2D eigenvalue weighted by Crippen LogP contribution is 2.26. The first-order valence-electron chi connectivity index (χ1n) is 5.78. The van der Waals surface area contributed by atoms with Gasteiger partial charge in [-0.25, -0.2) is 0 Å². The highest BCUT2D eigenvalue weighted by atomic mass is 16.5. The van der Waals surface area contributed by atoms with Crippen LogP contribution in [0.1, 0.15) is 53.4 Å². The standard InChI is InChI=1S/C12H24O3/c1-5-7-10(12(3,4)9-13)15-11(14)8-6-2/h10,13H,5-9H2,1-4H3. The number of carbonyl (C=O) groups is 1. The Balaban J connectivity index is 4.33. The average molecular weight is 216 g/mol. The van der Waals surface area contributed by atoms with Crippen molar-refractivity contribution in [3.05, 3.63) is 0 Å². The van der Waals surface area contributed by atoms with E-state index in [0.717, 1.165) is 19.3 Å². The normalized spacial score (nSPS) is 13.7. The summed E-state index contributed by atoms with van der Waals surface area (Å²) < 4.78 is 5.39. The first-order chi connectivity index (χ1) is 6.97. The van der Waals surface area contributed by atoms with Crippen LogP contribution in [0.15, 0.2) is 0 Å². The Morgan fingerprint density at radius 2 is 1.93 bits per heavy atom. The Morgan fingerprint density at radius 3 is 2.33 bits per heavy atom. The minimum absolute atomic E-state index is 0.0388. The number of hydrogen-bond acceptors (Lipinski definition) is 3. The van der Waals surface area contributed by atoms with Crippen LogP contribution >= 0.6 is 0 Å². The van der Waals surface area contributed by atoms with Crippen LogP contribution in [-0.2, 0) is 9.53 Å². The van der Waals surface area contributed by atoms with Crippen LogP contribution in [-0.4, -0.2) is 23.8 Å². The van der Waals surface area contributed by atoms with E-state index in [4.69, 9.17) is 4.74 Å². The third-order valence-electron chi connectivity index (χ3n) is 2.56. The first kappa shape index (κ1) is 14.4. The van der Waals surface area contributed by atoms with Gasteiger partial charge in [0.2, 0.25) is 0 Å². The second-order valence-corrected chi connectivity index (χ2v) is 4.66. The maximum absolute atomic E-state index is 11.4. The zero-order chi connectivity index (χ0) is 11.9. The lowest BCUT2D eigenvalue weighted by atomic mass is 9.85. The van der Waals surface area contributed by atoms with Gasteiger partial charge in [0.05, 0.1) is 6.61 Å². The maximum atomic E-state index is 11.4. The molecule has 0 fully saturated rings. The van der Waals surface area contributed by atoms with Gasteiger partial charge in [-0.3, -0.25) is 4.79 Å². The molecule has 0 saturated carbocycles. The summed E-state index contributed by atoms with van der Waals surface area (Å²) in [7, 11) is 0. The van der Waals surface area contributed by atoms with Crippen LogP contribution in [0.2, 0.25) is 0 Å². The fourth-order valence-corrected chi connectivity index (χ4v) is 1.39. The van der Waals surface area contributed by atoms with Gasteiger partial charge in [-0.2, -0.15) is 0 Å². The highest BCUT2D eigenvalue weighted by molar-refractivity contribution is 5.69. The van der Waals surface area contributed by atoms with Gasteiger partial charge in [-0.15, -0.1) is 0 Å². The molecule has 0 aromatic heterocycles. The number of aliphatic hydroxyl groups excluding tert-OH is 1. The molecule has 0 aliphatic carbocycles. The van der Waals surface area contributed by atoms with Crippen molar-refractivity contribution < 1.29 is 14.6 Å². The van der Waals surface area contributed by atoms with Gasteiger partial charge in [0.1, 0.15) is 6.10 Å². The number of carbonyl (C=O) groups excluding carboxylic acids is 1. The second kappa shape index (κ2) is 6.83. The second-order valence-electron chi connectivity index (χ2n) is 4.66. The van der Waals surface area contributed by atoms with Gasteiger partial charge in [0.25, 0.3) is 0 Å². The van der Waals surface area contributed by atoms with Gasteiger partial charge in [0, 0.05) is 11.8 Å². The van der Waals surface area contributed by atoms with E-state index in [2.05, 4.69) is 0 Å². The van der Waals surface area contributed by atoms with Crippen molar-refractivity contribution >= 4 is 5.97 Å². The largest absolute Gasteiger partial charge is 0.462 e. The number of ether oxygens (including phenoxy) is 1. The molecule has 1 N–H and O–H groups in total. The number of rotatable bonds is 7. The summed E-state index contributed by atoms with van der Waals surface area (Å²) in [6.07, 6.45) is 2.85. The molecule has 15 heavy (non-hydrogen) atoms. The predicted molar refractivity (Wildman–Crippen MR) is 60.6 cm³/mol. The van der Waals surface area contributed by atoms with E-state index in [-0.39, 0.29) is 24.1 Å². The van der Waals surface area contributed by atoms with Gasteiger partial charge >= 0.3 is 5.97 Å². The molecule has 3 nitrogen and oxygen atoms in total. The minimum atomic E-state index is -0.348. The Bertz CT molecular complexity index is 187. The van der Waals surface area contributed by atoms with E-state index in [9.17, 15) is 9.90 Å². The van der Waals surface area contributed by atoms with E-state index in [1.807, 2.05) is 27.7 Å². The molecule has 3 heteroatoms. The summed E-state index contributed by atoms with van der Waals surface area (Å²) >= 11 is 0. The zero-order valence-corrected chi connectivity index (χ0v) is 10.4. The van der Waals surface area contributed by atoms with Crippen LogP contribution in [0, 0.1) is 5.41 Å². The quantitative estimate of drug-likeness (QED) is 0.665. The fourth-order valence-electron chi connectivity index (χ4n) is 1.39. The third kappa shape index (κ3) is 5.17. The van der Waals surface area contributed by atoms with E-state index in [1.54, 1.807) is 0 Å². The Labute approximate surface area is 92.8 Å². The summed E-state index contributed by atoms with van der Waals surface area (Å²) in [5, 5.41) is 9.24. The molecule has 0 spiro atoms. The lowest BCUT2D eigenvalue weighted by Crippen LogP contribution is -2.36. The number of hydrogen-bond donors (Lipinski definition) is 1. The molecule has 1 atom stereocenters. The minimum Gasteiger partial charge on any atom is -0.462 e.